The van der Waals surface area contributed by atoms with Crippen molar-refractivity contribution in [2.24, 2.45) is 5.41 Å². The Labute approximate surface area is 171 Å². The number of hydrogen-bond donors (Lipinski definition) is 2. The molecule has 0 bridgehead atoms. The number of nitrogens with one attached hydrogen (secondary N) is 2. The van der Waals surface area contributed by atoms with Gasteiger partial charge in [-0.2, -0.15) is 4.98 Å². The van der Waals surface area contributed by atoms with Gasteiger partial charge >= 0.3 is 0 Å². The minimum atomic E-state index is -0.109. The number of benzene rings is 2. The monoisotopic (exact) mass is 386 g/mol. The number of carbonyl (C=O) groups excluding carboxylic acids is 1. The van der Waals surface area contributed by atoms with Crippen molar-refractivity contribution in [3.05, 3.63) is 71.4 Å². The molecule has 1 aliphatic rings. The number of nitrogens with zero attached hydrogens (tertiary/aromatic N) is 2. The summed E-state index contributed by atoms with van der Waals surface area (Å²) in [5, 5.41) is 6.62. The van der Waals surface area contributed by atoms with Gasteiger partial charge in [-0.05, 0) is 48.1 Å². The highest BCUT2D eigenvalue weighted by Crippen LogP contribution is 2.37. The molecule has 1 aromatic heterocycles. The van der Waals surface area contributed by atoms with Gasteiger partial charge in [0.1, 0.15) is 5.82 Å². The number of Topliss-reactive ketones (excluding diaryl/α,β-unsaturated/α-hetero) is 1. The fourth-order valence-corrected chi connectivity index (χ4v) is 3.72. The average Bonchev–Trinajstić information content (AvgIpc) is 2.68. The van der Waals surface area contributed by atoms with Crippen molar-refractivity contribution >= 4 is 28.9 Å². The van der Waals surface area contributed by atoms with Crippen molar-refractivity contribution in [1.29, 1.82) is 0 Å². The van der Waals surface area contributed by atoms with Gasteiger partial charge in [0.25, 0.3) is 0 Å². The molecular weight excluding hydrogens is 360 g/mol. The van der Waals surface area contributed by atoms with E-state index in [0.29, 0.717) is 23.8 Å². The quantitative estimate of drug-likeness (QED) is 0.590. The van der Waals surface area contributed by atoms with Crippen molar-refractivity contribution in [3.8, 4) is 0 Å². The molecular formula is C24H26N4O. The highest BCUT2D eigenvalue weighted by molar-refractivity contribution is 6.03. The Hall–Kier alpha value is -3.21. The third-order valence-corrected chi connectivity index (χ3v) is 5.20. The van der Waals surface area contributed by atoms with Crippen LogP contribution >= 0.6 is 0 Å². The molecule has 3 aromatic rings. The minimum absolute atomic E-state index is 0.0928. The van der Waals surface area contributed by atoms with Gasteiger partial charge in [0, 0.05) is 17.8 Å². The zero-order valence-corrected chi connectivity index (χ0v) is 17.1. The normalized spacial score (nSPS) is 14.9. The predicted molar refractivity (Wildman–Crippen MR) is 117 cm³/mol. The van der Waals surface area contributed by atoms with Crippen molar-refractivity contribution in [3.63, 3.8) is 0 Å². The van der Waals surface area contributed by atoms with Crippen molar-refractivity contribution < 1.29 is 4.79 Å². The molecule has 0 radical (unpaired) electrons. The summed E-state index contributed by atoms with van der Waals surface area (Å²) in [5.74, 6) is 1.15. The number of carbonyl (C=O) groups is 1. The van der Waals surface area contributed by atoms with Crippen LogP contribution in [0.4, 0.5) is 23.1 Å². The van der Waals surface area contributed by atoms with E-state index in [0.717, 1.165) is 29.9 Å². The van der Waals surface area contributed by atoms with Gasteiger partial charge in [-0.1, -0.05) is 51.1 Å². The summed E-state index contributed by atoms with van der Waals surface area (Å²) in [4.78, 5) is 22.3. The van der Waals surface area contributed by atoms with Crippen LogP contribution in [0, 0.1) is 5.41 Å². The van der Waals surface area contributed by atoms with Crippen LogP contribution in [-0.2, 0) is 12.8 Å². The summed E-state index contributed by atoms with van der Waals surface area (Å²) in [6, 6.07) is 18.0. The summed E-state index contributed by atoms with van der Waals surface area (Å²) in [5.41, 5.74) is 4.39. The zero-order valence-electron chi connectivity index (χ0n) is 17.1. The van der Waals surface area contributed by atoms with E-state index in [2.05, 4.69) is 48.5 Å². The Kier molecular flexibility index (Phi) is 5.05. The van der Waals surface area contributed by atoms with Crippen LogP contribution in [0.25, 0.3) is 0 Å². The van der Waals surface area contributed by atoms with E-state index in [1.807, 2.05) is 42.5 Å². The molecule has 148 valence electrons. The first-order valence-corrected chi connectivity index (χ1v) is 10.1. The molecule has 5 nitrogen and oxygen atoms in total. The molecule has 2 aromatic carbocycles. The Morgan fingerprint density at radius 1 is 0.897 bits per heavy atom. The van der Waals surface area contributed by atoms with Gasteiger partial charge in [0.15, 0.2) is 5.78 Å². The highest BCUT2D eigenvalue weighted by atomic mass is 16.1. The van der Waals surface area contributed by atoms with Gasteiger partial charge in [-0.15, -0.1) is 0 Å². The van der Waals surface area contributed by atoms with Gasteiger partial charge in [-0.25, -0.2) is 4.98 Å². The number of aromatic nitrogens is 2. The molecule has 0 saturated carbocycles. The molecule has 0 spiro atoms. The number of ketones is 1. The number of fused-ring (bicyclic) bond motifs is 1. The summed E-state index contributed by atoms with van der Waals surface area (Å²) in [6.07, 6.45) is 2.23. The lowest BCUT2D eigenvalue weighted by Gasteiger charge is -2.30. The first-order chi connectivity index (χ1) is 13.9. The van der Waals surface area contributed by atoms with E-state index in [1.165, 1.54) is 5.56 Å². The molecule has 2 N–H and O–H groups in total. The lowest BCUT2D eigenvalue weighted by atomic mass is 9.75. The van der Waals surface area contributed by atoms with Crippen molar-refractivity contribution in [2.75, 3.05) is 10.6 Å². The number of para-hydroxylation sites is 1. The summed E-state index contributed by atoms with van der Waals surface area (Å²) in [6.45, 7) is 6.35. The standard InChI is InChI=1S/C24H26N4O/c1-4-16-10-12-18(13-11-16)25-22-21-19(14-24(2,3)15-20(21)29)27-23(28-22)26-17-8-6-5-7-9-17/h5-13H,4,14-15H2,1-3H3,(H2,25,26,27,28). The SMILES string of the molecule is CCc1ccc(Nc2nc(Nc3ccccc3)nc3c2C(=O)CC(C)(C)C3)cc1. The number of anilines is 4. The van der Waals surface area contributed by atoms with Crippen LogP contribution in [0.1, 0.15) is 48.8 Å². The molecule has 0 saturated heterocycles. The summed E-state index contributed by atoms with van der Waals surface area (Å²) in [7, 11) is 0. The van der Waals surface area contributed by atoms with Crippen LogP contribution in [0.15, 0.2) is 54.6 Å². The molecule has 0 fully saturated rings. The molecule has 1 aliphatic carbocycles. The first-order valence-electron chi connectivity index (χ1n) is 10.1. The molecule has 1 heterocycles. The van der Waals surface area contributed by atoms with Gasteiger partial charge < -0.3 is 10.6 Å². The summed E-state index contributed by atoms with van der Waals surface area (Å²) >= 11 is 0. The molecule has 0 amide bonds. The maximum atomic E-state index is 12.9. The van der Waals surface area contributed by atoms with E-state index in [-0.39, 0.29) is 11.2 Å². The maximum Gasteiger partial charge on any atom is 0.229 e. The average molecular weight is 386 g/mol. The van der Waals surface area contributed by atoms with E-state index in [9.17, 15) is 4.79 Å². The van der Waals surface area contributed by atoms with Crippen LogP contribution < -0.4 is 10.6 Å². The minimum Gasteiger partial charge on any atom is -0.339 e. The van der Waals surface area contributed by atoms with Crippen LogP contribution in [-0.4, -0.2) is 15.8 Å². The van der Waals surface area contributed by atoms with E-state index in [1.54, 1.807) is 0 Å². The maximum absolute atomic E-state index is 12.9. The molecule has 0 atom stereocenters. The molecule has 0 aliphatic heterocycles. The second kappa shape index (κ2) is 7.66. The number of hydrogen-bond acceptors (Lipinski definition) is 5. The van der Waals surface area contributed by atoms with Gasteiger partial charge in [-0.3, -0.25) is 4.79 Å². The van der Waals surface area contributed by atoms with E-state index < -0.39 is 0 Å². The fraction of sp³-hybridized carbons (Fsp3) is 0.292. The van der Waals surface area contributed by atoms with Gasteiger partial charge in [0.05, 0.1) is 11.3 Å². The topological polar surface area (TPSA) is 66.9 Å². The molecule has 5 heteroatoms. The highest BCUT2D eigenvalue weighted by Gasteiger charge is 2.35. The van der Waals surface area contributed by atoms with Crippen LogP contribution in [0.5, 0.6) is 0 Å². The zero-order chi connectivity index (χ0) is 20.4. The smallest absolute Gasteiger partial charge is 0.229 e. The van der Waals surface area contributed by atoms with Crippen LogP contribution in [0.2, 0.25) is 0 Å². The fourth-order valence-electron chi connectivity index (χ4n) is 3.72. The first kappa shape index (κ1) is 19.1. The number of aryl methyl sites for hydroxylation is 1. The van der Waals surface area contributed by atoms with Crippen molar-refractivity contribution in [1.82, 2.24) is 9.97 Å². The molecule has 0 unspecified atom stereocenters. The second-order valence-corrected chi connectivity index (χ2v) is 8.32. The Bertz CT molecular complexity index is 1030. The van der Waals surface area contributed by atoms with Gasteiger partial charge in [0.2, 0.25) is 5.95 Å². The molecule has 4 rings (SSSR count). The van der Waals surface area contributed by atoms with Crippen LogP contribution in [0.3, 0.4) is 0 Å². The number of rotatable bonds is 5. The lowest BCUT2D eigenvalue weighted by molar-refractivity contribution is 0.0911. The lowest BCUT2D eigenvalue weighted by Crippen LogP contribution is -2.29. The Morgan fingerprint density at radius 2 is 1.59 bits per heavy atom. The molecule has 29 heavy (non-hydrogen) atoms. The Balaban J connectivity index is 1.74. The predicted octanol–water partition coefficient (Wildman–Crippen LogP) is 5.68. The van der Waals surface area contributed by atoms with E-state index >= 15 is 0 Å². The third-order valence-electron chi connectivity index (χ3n) is 5.20. The third kappa shape index (κ3) is 4.29. The largest absolute Gasteiger partial charge is 0.339 e. The van der Waals surface area contributed by atoms with Crippen molar-refractivity contribution in [2.45, 2.75) is 40.0 Å². The summed E-state index contributed by atoms with van der Waals surface area (Å²) < 4.78 is 0. The van der Waals surface area contributed by atoms with E-state index in [4.69, 9.17) is 4.98 Å². The Morgan fingerprint density at radius 3 is 2.28 bits per heavy atom. The second-order valence-electron chi connectivity index (χ2n) is 8.32.